The molecule has 0 spiro atoms. The van der Waals surface area contributed by atoms with Crippen molar-refractivity contribution < 1.29 is 9.47 Å². The number of guanidine groups is 1. The molecule has 1 unspecified atom stereocenters. The quantitative estimate of drug-likeness (QED) is 0.471. The molecule has 2 N–H and O–H groups in total. The Morgan fingerprint density at radius 2 is 2.00 bits per heavy atom. The van der Waals surface area contributed by atoms with Crippen molar-refractivity contribution in [1.82, 2.24) is 20.5 Å². The van der Waals surface area contributed by atoms with Gasteiger partial charge < -0.3 is 20.1 Å². The fourth-order valence-electron chi connectivity index (χ4n) is 3.77. The van der Waals surface area contributed by atoms with Crippen molar-refractivity contribution in [1.29, 1.82) is 0 Å². The highest BCUT2D eigenvalue weighted by molar-refractivity contribution is 5.79. The molecule has 1 aromatic heterocycles. The van der Waals surface area contributed by atoms with Gasteiger partial charge in [0.25, 0.3) is 0 Å². The molecule has 2 heterocycles. The number of nitrogens with zero attached hydrogens (tertiary/aromatic N) is 3. The van der Waals surface area contributed by atoms with E-state index in [9.17, 15) is 0 Å². The summed E-state index contributed by atoms with van der Waals surface area (Å²) in [5.41, 5.74) is 0.979. The normalized spacial score (nSPS) is 16.8. The molecule has 1 aliphatic heterocycles. The van der Waals surface area contributed by atoms with E-state index >= 15 is 0 Å². The number of hydrogen-bond acceptors (Lipinski definition) is 5. The molecule has 158 valence electrons. The maximum absolute atomic E-state index is 5.55. The van der Waals surface area contributed by atoms with E-state index in [4.69, 9.17) is 14.5 Å². The zero-order chi connectivity index (χ0) is 20.2. The molecule has 7 heteroatoms. The zero-order valence-electron chi connectivity index (χ0n) is 17.9. The first-order chi connectivity index (χ1) is 13.7. The van der Waals surface area contributed by atoms with E-state index in [0.29, 0.717) is 24.4 Å². The molecular weight excluding hydrogens is 354 g/mol. The molecular formula is C21H37N5O2. The number of nitrogens with one attached hydrogen (secondary N) is 2. The SMILES string of the molecule is CCNC(=NCc1cccnc1OC)NCC(C(CC)CC)N1CCOCC1. The van der Waals surface area contributed by atoms with E-state index in [0.717, 1.165) is 50.9 Å². The van der Waals surface area contributed by atoms with Crippen LogP contribution in [0.2, 0.25) is 0 Å². The summed E-state index contributed by atoms with van der Waals surface area (Å²) in [6, 6.07) is 4.39. The lowest BCUT2D eigenvalue weighted by atomic mass is 9.92. The first kappa shape index (κ1) is 22.4. The second-order valence-electron chi connectivity index (χ2n) is 7.04. The molecule has 1 aromatic rings. The second-order valence-corrected chi connectivity index (χ2v) is 7.04. The number of ether oxygens (including phenoxy) is 2. The molecule has 1 fully saturated rings. The van der Waals surface area contributed by atoms with Crippen molar-refractivity contribution in [3.05, 3.63) is 23.9 Å². The van der Waals surface area contributed by atoms with Crippen LogP contribution in [0.5, 0.6) is 5.88 Å². The van der Waals surface area contributed by atoms with Gasteiger partial charge in [0.1, 0.15) is 0 Å². The minimum atomic E-state index is 0.482. The van der Waals surface area contributed by atoms with E-state index in [1.165, 1.54) is 12.8 Å². The second kappa shape index (κ2) is 12.6. The average Bonchev–Trinajstić information content (AvgIpc) is 2.75. The minimum Gasteiger partial charge on any atom is -0.481 e. The summed E-state index contributed by atoms with van der Waals surface area (Å²) in [7, 11) is 1.64. The number of hydrogen-bond donors (Lipinski definition) is 2. The third kappa shape index (κ3) is 6.63. The van der Waals surface area contributed by atoms with E-state index in [1.54, 1.807) is 13.3 Å². The number of rotatable bonds is 10. The fraction of sp³-hybridized carbons (Fsp3) is 0.714. The lowest BCUT2D eigenvalue weighted by Gasteiger charge is -2.39. The van der Waals surface area contributed by atoms with Gasteiger partial charge in [-0.05, 0) is 18.9 Å². The molecule has 7 nitrogen and oxygen atoms in total. The molecule has 28 heavy (non-hydrogen) atoms. The third-order valence-corrected chi connectivity index (χ3v) is 5.38. The Morgan fingerprint density at radius 1 is 1.25 bits per heavy atom. The fourth-order valence-corrected chi connectivity index (χ4v) is 3.77. The molecule has 1 atom stereocenters. The van der Waals surface area contributed by atoms with Crippen molar-refractivity contribution in [2.75, 3.05) is 46.5 Å². The van der Waals surface area contributed by atoms with E-state index < -0.39 is 0 Å². The van der Waals surface area contributed by atoms with Gasteiger partial charge in [-0.25, -0.2) is 9.98 Å². The van der Waals surface area contributed by atoms with Crippen LogP contribution < -0.4 is 15.4 Å². The topological polar surface area (TPSA) is 71.0 Å². The van der Waals surface area contributed by atoms with Gasteiger partial charge in [-0.1, -0.05) is 32.8 Å². The van der Waals surface area contributed by atoms with Crippen molar-refractivity contribution in [2.45, 2.75) is 46.2 Å². The molecule has 0 radical (unpaired) electrons. The van der Waals surface area contributed by atoms with E-state index in [2.05, 4.69) is 41.3 Å². The Balaban J connectivity index is 2.05. The van der Waals surface area contributed by atoms with Crippen molar-refractivity contribution in [3.8, 4) is 5.88 Å². The molecule has 2 rings (SSSR count). The predicted octanol–water partition coefficient (Wildman–Crippen LogP) is 2.28. The van der Waals surface area contributed by atoms with E-state index in [1.807, 2.05) is 12.1 Å². The van der Waals surface area contributed by atoms with Gasteiger partial charge in [-0.15, -0.1) is 0 Å². The Labute approximate surface area is 169 Å². The smallest absolute Gasteiger partial charge is 0.218 e. The van der Waals surface area contributed by atoms with Crippen molar-refractivity contribution in [2.24, 2.45) is 10.9 Å². The van der Waals surface area contributed by atoms with Crippen LogP contribution in [0.4, 0.5) is 0 Å². The van der Waals surface area contributed by atoms with Crippen LogP contribution in [0, 0.1) is 5.92 Å². The molecule has 0 aliphatic carbocycles. The number of aliphatic imine (C=N–C) groups is 1. The zero-order valence-corrected chi connectivity index (χ0v) is 17.9. The maximum Gasteiger partial charge on any atom is 0.218 e. The minimum absolute atomic E-state index is 0.482. The summed E-state index contributed by atoms with van der Waals surface area (Å²) in [6.07, 6.45) is 4.10. The van der Waals surface area contributed by atoms with Gasteiger partial charge in [0.15, 0.2) is 5.96 Å². The Morgan fingerprint density at radius 3 is 2.64 bits per heavy atom. The van der Waals surface area contributed by atoms with Gasteiger partial charge in [-0.3, -0.25) is 4.90 Å². The highest BCUT2D eigenvalue weighted by Gasteiger charge is 2.27. The molecule has 0 aromatic carbocycles. The van der Waals surface area contributed by atoms with Crippen LogP contribution in [0.15, 0.2) is 23.3 Å². The lowest BCUT2D eigenvalue weighted by Crippen LogP contribution is -2.53. The summed E-state index contributed by atoms with van der Waals surface area (Å²) in [5.74, 6) is 2.12. The van der Waals surface area contributed by atoms with E-state index in [-0.39, 0.29) is 0 Å². The van der Waals surface area contributed by atoms with Crippen LogP contribution in [-0.2, 0) is 11.3 Å². The first-order valence-electron chi connectivity index (χ1n) is 10.5. The summed E-state index contributed by atoms with van der Waals surface area (Å²) in [6.45, 7) is 12.5. The molecule has 1 aliphatic rings. The lowest BCUT2D eigenvalue weighted by molar-refractivity contribution is 0.00272. The van der Waals surface area contributed by atoms with Crippen LogP contribution in [0.3, 0.4) is 0 Å². The predicted molar refractivity (Wildman–Crippen MR) is 114 cm³/mol. The molecule has 0 bridgehead atoms. The van der Waals surface area contributed by atoms with Gasteiger partial charge in [0.2, 0.25) is 5.88 Å². The van der Waals surface area contributed by atoms with Crippen LogP contribution >= 0.6 is 0 Å². The summed E-state index contributed by atoms with van der Waals surface area (Å²) < 4.78 is 10.9. The van der Waals surface area contributed by atoms with Crippen molar-refractivity contribution in [3.63, 3.8) is 0 Å². The number of morpholine rings is 1. The van der Waals surface area contributed by atoms with Gasteiger partial charge in [0.05, 0.1) is 26.9 Å². The standard InChI is InChI=1S/C21H37N5O2/c1-5-17(6-2)19(26-11-13-28-14-12-26)16-25-21(22-7-3)24-15-18-9-8-10-23-20(18)27-4/h8-10,17,19H,5-7,11-16H2,1-4H3,(H2,22,24,25). The number of aromatic nitrogens is 1. The Hall–Kier alpha value is -1.86. The van der Waals surface area contributed by atoms with Gasteiger partial charge in [0, 0.05) is 44.0 Å². The number of pyridine rings is 1. The number of methoxy groups -OCH3 is 1. The summed E-state index contributed by atoms with van der Waals surface area (Å²) >= 11 is 0. The van der Waals surface area contributed by atoms with Crippen LogP contribution in [0.1, 0.15) is 39.2 Å². The monoisotopic (exact) mass is 391 g/mol. The first-order valence-corrected chi connectivity index (χ1v) is 10.5. The van der Waals surface area contributed by atoms with Crippen LogP contribution in [-0.4, -0.2) is 68.4 Å². The molecule has 1 saturated heterocycles. The maximum atomic E-state index is 5.55. The van der Waals surface area contributed by atoms with Gasteiger partial charge >= 0.3 is 0 Å². The van der Waals surface area contributed by atoms with Crippen LogP contribution in [0.25, 0.3) is 0 Å². The summed E-state index contributed by atoms with van der Waals surface area (Å²) in [4.78, 5) is 11.6. The van der Waals surface area contributed by atoms with Gasteiger partial charge in [-0.2, -0.15) is 0 Å². The van der Waals surface area contributed by atoms with Crippen molar-refractivity contribution >= 4 is 5.96 Å². The summed E-state index contributed by atoms with van der Waals surface area (Å²) in [5, 5.41) is 6.93. The molecule has 0 amide bonds. The Kier molecular flexibility index (Phi) is 10.1. The average molecular weight is 392 g/mol. The largest absolute Gasteiger partial charge is 0.481 e. The Bertz CT molecular complexity index is 586. The highest BCUT2D eigenvalue weighted by atomic mass is 16.5. The third-order valence-electron chi connectivity index (χ3n) is 5.38. The molecule has 0 saturated carbocycles. The highest BCUT2D eigenvalue weighted by Crippen LogP contribution is 2.19.